The molecular weight excluding hydrogens is 449 g/mol. The van der Waals surface area contributed by atoms with E-state index in [4.69, 9.17) is 42.4 Å². The van der Waals surface area contributed by atoms with E-state index >= 15 is 0 Å². The molecule has 0 aliphatic carbocycles. The fraction of sp³-hybridized carbons (Fsp3) is 0.120. The zero-order valence-electron chi connectivity index (χ0n) is 17.4. The third kappa shape index (κ3) is 4.49. The number of carbonyl (C=O) groups is 1. The molecule has 7 heteroatoms. The molecule has 32 heavy (non-hydrogen) atoms. The van der Waals surface area contributed by atoms with E-state index in [0.717, 1.165) is 5.56 Å². The minimum atomic E-state index is -0.476. The molecule has 4 aromatic rings. The first-order chi connectivity index (χ1) is 15.5. The molecule has 1 heterocycles. The van der Waals surface area contributed by atoms with Crippen LogP contribution in [0.25, 0.3) is 22.2 Å². The van der Waals surface area contributed by atoms with Crippen LogP contribution in [0.1, 0.15) is 15.9 Å². The van der Waals surface area contributed by atoms with E-state index in [1.54, 1.807) is 44.6 Å². The van der Waals surface area contributed by atoms with Crippen LogP contribution in [0.4, 0.5) is 0 Å². The lowest BCUT2D eigenvalue weighted by molar-refractivity contribution is 0.0475. The van der Waals surface area contributed by atoms with Gasteiger partial charge in [0.05, 0.1) is 31.0 Å². The van der Waals surface area contributed by atoms with Crippen LogP contribution in [0.5, 0.6) is 11.5 Å². The molecule has 5 nitrogen and oxygen atoms in total. The van der Waals surface area contributed by atoms with Crippen molar-refractivity contribution in [2.45, 2.75) is 6.61 Å². The second-order valence-corrected chi connectivity index (χ2v) is 7.80. The van der Waals surface area contributed by atoms with E-state index in [2.05, 4.69) is 0 Å². The van der Waals surface area contributed by atoms with Crippen LogP contribution in [-0.2, 0) is 11.3 Å². The number of para-hydroxylation sites is 1. The molecule has 0 aliphatic rings. The van der Waals surface area contributed by atoms with Crippen molar-refractivity contribution in [3.8, 4) is 22.8 Å². The highest BCUT2D eigenvalue weighted by atomic mass is 35.5. The first kappa shape index (κ1) is 21.9. The van der Waals surface area contributed by atoms with Crippen LogP contribution < -0.4 is 9.47 Å². The Morgan fingerprint density at radius 1 is 0.906 bits per heavy atom. The SMILES string of the molecule is COc1ccc(-c2cc(C(=O)OCc3ccc(Cl)cc3Cl)c3ccccc3n2)cc1OC. The minimum absolute atomic E-state index is 0.0250. The van der Waals surface area contributed by atoms with Crippen molar-refractivity contribution in [1.82, 2.24) is 4.98 Å². The summed E-state index contributed by atoms with van der Waals surface area (Å²) in [6, 6.07) is 19.7. The number of halogens is 2. The quantitative estimate of drug-likeness (QED) is 0.299. The zero-order chi connectivity index (χ0) is 22.7. The van der Waals surface area contributed by atoms with Crippen molar-refractivity contribution in [3.05, 3.63) is 87.9 Å². The molecule has 0 aliphatic heterocycles. The molecule has 0 radical (unpaired) electrons. The third-order valence-electron chi connectivity index (χ3n) is 4.99. The molecule has 0 amide bonds. The van der Waals surface area contributed by atoms with Crippen molar-refractivity contribution < 1.29 is 19.0 Å². The Bertz CT molecular complexity index is 1310. The summed E-state index contributed by atoms with van der Waals surface area (Å²) in [5.74, 6) is 0.703. The maximum Gasteiger partial charge on any atom is 0.339 e. The van der Waals surface area contributed by atoms with Gasteiger partial charge < -0.3 is 14.2 Å². The van der Waals surface area contributed by atoms with Crippen LogP contribution in [0.15, 0.2) is 66.7 Å². The number of nitrogens with zero attached hydrogens (tertiary/aromatic N) is 1. The van der Waals surface area contributed by atoms with E-state index in [1.807, 2.05) is 36.4 Å². The van der Waals surface area contributed by atoms with Crippen LogP contribution in [-0.4, -0.2) is 25.2 Å². The summed E-state index contributed by atoms with van der Waals surface area (Å²) in [5, 5.41) is 1.66. The van der Waals surface area contributed by atoms with Gasteiger partial charge in [-0.2, -0.15) is 0 Å². The van der Waals surface area contributed by atoms with Crippen LogP contribution in [0.3, 0.4) is 0 Å². The average Bonchev–Trinajstić information content (AvgIpc) is 2.82. The number of benzene rings is 3. The smallest absolute Gasteiger partial charge is 0.339 e. The molecule has 3 aromatic carbocycles. The third-order valence-corrected chi connectivity index (χ3v) is 5.58. The molecule has 0 fully saturated rings. The second kappa shape index (κ2) is 9.47. The van der Waals surface area contributed by atoms with E-state index in [-0.39, 0.29) is 6.61 Å². The van der Waals surface area contributed by atoms with Gasteiger partial charge in [-0.1, -0.05) is 47.5 Å². The first-order valence-corrected chi connectivity index (χ1v) is 10.5. The van der Waals surface area contributed by atoms with Gasteiger partial charge in [0.15, 0.2) is 11.5 Å². The molecule has 0 saturated carbocycles. The Kier molecular flexibility index (Phi) is 6.49. The fourth-order valence-electron chi connectivity index (χ4n) is 3.35. The fourth-order valence-corrected chi connectivity index (χ4v) is 3.81. The minimum Gasteiger partial charge on any atom is -0.493 e. The lowest BCUT2D eigenvalue weighted by Gasteiger charge is -2.12. The van der Waals surface area contributed by atoms with Gasteiger partial charge in [-0.25, -0.2) is 9.78 Å². The monoisotopic (exact) mass is 467 g/mol. The van der Waals surface area contributed by atoms with Crippen LogP contribution >= 0.6 is 23.2 Å². The molecule has 162 valence electrons. The van der Waals surface area contributed by atoms with Gasteiger partial charge >= 0.3 is 5.97 Å². The van der Waals surface area contributed by atoms with Crippen molar-refractivity contribution in [2.75, 3.05) is 14.2 Å². The molecule has 0 unspecified atom stereocenters. The van der Waals surface area contributed by atoms with Crippen LogP contribution in [0, 0.1) is 0 Å². The maximum atomic E-state index is 13.1. The Balaban J connectivity index is 1.71. The van der Waals surface area contributed by atoms with Crippen molar-refractivity contribution >= 4 is 40.1 Å². The largest absolute Gasteiger partial charge is 0.493 e. The summed E-state index contributed by atoms with van der Waals surface area (Å²) in [6.07, 6.45) is 0. The highest BCUT2D eigenvalue weighted by Gasteiger charge is 2.17. The van der Waals surface area contributed by atoms with Gasteiger partial charge in [-0.15, -0.1) is 0 Å². The molecule has 0 N–H and O–H groups in total. The normalized spacial score (nSPS) is 10.8. The molecule has 4 rings (SSSR count). The number of pyridine rings is 1. The number of aromatic nitrogens is 1. The highest BCUT2D eigenvalue weighted by Crippen LogP contribution is 2.33. The number of esters is 1. The van der Waals surface area contributed by atoms with Crippen molar-refractivity contribution in [2.24, 2.45) is 0 Å². The van der Waals surface area contributed by atoms with Gasteiger partial charge in [0, 0.05) is 26.6 Å². The molecule has 0 bridgehead atoms. The number of ether oxygens (including phenoxy) is 3. The van der Waals surface area contributed by atoms with Crippen LogP contribution in [0.2, 0.25) is 10.0 Å². The molecular formula is C25H19Cl2NO4. The average molecular weight is 468 g/mol. The predicted molar refractivity (Wildman–Crippen MR) is 126 cm³/mol. The summed E-state index contributed by atoms with van der Waals surface area (Å²) in [5.41, 5.74) is 3.15. The Hall–Kier alpha value is -3.28. The van der Waals surface area contributed by atoms with E-state index in [1.165, 1.54) is 0 Å². The Labute approximate surface area is 195 Å². The topological polar surface area (TPSA) is 57.7 Å². The molecule has 0 atom stereocenters. The number of hydrogen-bond donors (Lipinski definition) is 0. The van der Waals surface area contributed by atoms with Gasteiger partial charge in [0.1, 0.15) is 6.61 Å². The van der Waals surface area contributed by atoms with Crippen molar-refractivity contribution in [3.63, 3.8) is 0 Å². The highest BCUT2D eigenvalue weighted by molar-refractivity contribution is 6.35. The number of rotatable bonds is 6. The summed E-state index contributed by atoms with van der Waals surface area (Å²) in [6.45, 7) is 0.0250. The van der Waals surface area contributed by atoms with Gasteiger partial charge in [-0.3, -0.25) is 0 Å². The zero-order valence-corrected chi connectivity index (χ0v) is 18.9. The number of fused-ring (bicyclic) bond motifs is 1. The van der Waals surface area contributed by atoms with Gasteiger partial charge in [-0.05, 0) is 42.5 Å². The second-order valence-electron chi connectivity index (χ2n) is 6.95. The van der Waals surface area contributed by atoms with Gasteiger partial charge in [0.2, 0.25) is 0 Å². The van der Waals surface area contributed by atoms with E-state index < -0.39 is 5.97 Å². The number of hydrogen-bond acceptors (Lipinski definition) is 5. The lowest BCUT2D eigenvalue weighted by Crippen LogP contribution is -2.07. The summed E-state index contributed by atoms with van der Waals surface area (Å²) < 4.78 is 16.3. The predicted octanol–water partition coefficient (Wildman–Crippen LogP) is 6.58. The summed E-state index contributed by atoms with van der Waals surface area (Å²) in [7, 11) is 3.15. The Morgan fingerprint density at radius 2 is 1.69 bits per heavy atom. The lowest BCUT2D eigenvalue weighted by atomic mass is 10.0. The summed E-state index contributed by atoms with van der Waals surface area (Å²) >= 11 is 12.1. The number of carbonyl (C=O) groups excluding carboxylic acids is 1. The summed E-state index contributed by atoms with van der Waals surface area (Å²) in [4.78, 5) is 17.8. The Morgan fingerprint density at radius 3 is 2.44 bits per heavy atom. The van der Waals surface area contributed by atoms with E-state index in [9.17, 15) is 4.79 Å². The molecule has 0 spiro atoms. The van der Waals surface area contributed by atoms with Gasteiger partial charge in [0.25, 0.3) is 0 Å². The maximum absolute atomic E-state index is 13.1. The molecule has 0 saturated heterocycles. The number of methoxy groups -OCH3 is 2. The molecule has 1 aromatic heterocycles. The first-order valence-electron chi connectivity index (χ1n) is 9.73. The standard InChI is InChI=1S/C25H19Cl2NO4/c1-30-23-10-8-15(11-24(23)31-2)22-13-19(18-5-3-4-6-21(18)28-22)25(29)32-14-16-7-9-17(26)12-20(16)27/h3-13H,14H2,1-2H3. The van der Waals surface area contributed by atoms with Crippen molar-refractivity contribution in [1.29, 1.82) is 0 Å². The van der Waals surface area contributed by atoms with E-state index in [0.29, 0.717) is 49.3 Å².